The van der Waals surface area contributed by atoms with Gasteiger partial charge in [-0.3, -0.25) is 14.5 Å². The summed E-state index contributed by atoms with van der Waals surface area (Å²) in [5, 5.41) is -0.476. The van der Waals surface area contributed by atoms with Gasteiger partial charge in [0, 0.05) is 5.75 Å². The zero-order chi connectivity index (χ0) is 19.0. The molecule has 7 heteroatoms. The molecule has 0 bridgehead atoms. The van der Waals surface area contributed by atoms with Gasteiger partial charge in [0.05, 0.1) is 5.03 Å². The minimum absolute atomic E-state index is 0.0399. The Kier molecular flexibility index (Phi) is 4.76. The van der Waals surface area contributed by atoms with Gasteiger partial charge in [-0.25, -0.2) is 4.79 Å². The zero-order valence-electron chi connectivity index (χ0n) is 14.0. The highest BCUT2D eigenvalue weighted by Crippen LogP contribution is 2.40. The lowest BCUT2D eigenvalue weighted by Gasteiger charge is -2.41. The minimum atomic E-state index is -0.728. The highest BCUT2D eigenvalue weighted by molar-refractivity contribution is 8.01. The van der Waals surface area contributed by atoms with Crippen molar-refractivity contribution in [2.24, 2.45) is 0 Å². The van der Waals surface area contributed by atoms with Crippen LogP contribution in [0.2, 0.25) is 0 Å². The van der Waals surface area contributed by atoms with E-state index in [1.54, 1.807) is 0 Å². The molecule has 0 saturated carbocycles. The van der Waals surface area contributed by atoms with Crippen molar-refractivity contribution >= 4 is 41.0 Å². The lowest BCUT2D eigenvalue weighted by Crippen LogP contribution is -2.62. The third-order valence-corrected chi connectivity index (χ3v) is 6.04. The number of thioether (sulfide) groups is 1. The number of amides is 1. The van der Waals surface area contributed by atoms with Crippen LogP contribution >= 0.6 is 23.4 Å². The fourth-order valence-electron chi connectivity index (χ4n) is 3.06. The van der Waals surface area contributed by atoms with Crippen LogP contribution in [0.3, 0.4) is 0 Å². The Bertz CT molecular complexity index is 905. The normalized spacial score (nSPS) is 19.0. The molecule has 0 unspecified atom stereocenters. The van der Waals surface area contributed by atoms with Crippen LogP contribution in [0.4, 0.5) is 0 Å². The van der Waals surface area contributed by atoms with Gasteiger partial charge in [-0.2, -0.15) is 0 Å². The average Bonchev–Trinajstić information content (AvgIpc) is 2.72. The molecule has 2 aliphatic rings. The molecule has 0 N–H and O–H groups in total. The van der Waals surface area contributed by atoms with Crippen molar-refractivity contribution in [1.82, 2.24) is 4.90 Å². The highest BCUT2D eigenvalue weighted by atomic mass is 35.5. The van der Waals surface area contributed by atoms with Gasteiger partial charge in [-0.15, -0.1) is 11.8 Å². The number of carbonyl (C=O) groups excluding carboxylic acids is 3. The van der Waals surface area contributed by atoms with E-state index in [9.17, 15) is 14.4 Å². The van der Waals surface area contributed by atoms with Crippen LogP contribution in [0.1, 0.15) is 17.2 Å². The van der Waals surface area contributed by atoms with Crippen LogP contribution in [-0.4, -0.2) is 33.7 Å². The van der Waals surface area contributed by atoms with E-state index in [0.717, 1.165) is 16.0 Å². The largest absolute Gasteiger partial charge is 0.448 e. The fourth-order valence-corrected chi connectivity index (χ4v) is 4.46. The molecule has 0 aromatic heterocycles. The van der Waals surface area contributed by atoms with Crippen LogP contribution in [0, 0.1) is 0 Å². The Hall–Kier alpha value is -2.57. The SMILES string of the molecule is O=C(OC(c1ccccc1)c1ccccc1)C1=C(Cl)CS[C@@H]2C(=O)C(=O)N12. The number of β-lactam (4-membered cyclic amide) rings is 1. The Labute approximate surface area is 164 Å². The van der Waals surface area contributed by atoms with Gasteiger partial charge >= 0.3 is 5.97 Å². The van der Waals surface area contributed by atoms with E-state index in [1.807, 2.05) is 60.7 Å². The third-order valence-electron chi connectivity index (χ3n) is 4.38. The van der Waals surface area contributed by atoms with Crippen molar-refractivity contribution in [2.45, 2.75) is 11.5 Å². The zero-order valence-corrected chi connectivity index (χ0v) is 15.6. The fraction of sp³-hybridized carbons (Fsp3) is 0.150. The summed E-state index contributed by atoms with van der Waals surface area (Å²) in [5.41, 5.74) is 1.55. The first-order valence-electron chi connectivity index (χ1n) is 8.26. The van der Waals surface area contributed by atoms with E-state index in [2.05, 4.69) is 0 Å². The smallest absolute Gasteiger partial charge is 0.357 e. The van der Waals surface area contributed by atoms with Gasteiger partial charge in [-0.1, -0.05) is 72.3 Å². The van der Waals surface area contributed by atoms with Crippen molar-refractivity contribution in [3.8, 4) is 0 Å². The summed E-state index contributed by atoms with van der Waals surface area (Å²) in [7, 11) is 0. The second-order valence-electron chi connectivity index (χ2n) is 6.06. The minimum Gasteiger partial charge on any atom is -0.448 e. The molecule has 136 valence electrons. The van der Waals surface area contributed by atoms with Crippen molar-refractivity contribution in [3.63, 3.8) is 0 Å². The second kappa shape index (κ2) is 7.21. The summed E-state index contributed by atoms with van der Waals surface area (Å²) in [5.74, 6) is -1.68. The van der Waals surface area contributed by atoms with E-state index in [0.29, 0.717) is 0 Å². The van der Waals surface area contributed by atoms with Crippen molar-refractivity contribution in [1.29, 1.82) is 0 Å². The number of benzene rings is 2. The van der Waals surface area contributed by atoms with Gasteiger partial charge in [-0.05, 0) is 11.1 Å². The summed E-state index contributed by atoms with van der Waals surface area (Å²) >= 11 is 7.44. The van der Waals surface area contributed by atoms with Crippen LogP contribution in [0.25, 0.3) is 0 Å². The summed E-state index contributed by atoms with van der Waals surface area (Å²) < 4.78 is 5.77. The van der Waals surface area contributed by atoms with Gasteiger partial charge in [0.1, 0.15) is 5.70 Å². The Morgan fingerprint density at radius 2 is 1.59 bits per heavy atom. The number of rotatable bonds is 4. The van der Waals surface area contributed by atoms with Crippen molar-refractivity contribution in [2.75, 3.05) is 5.75 Å². The average molecular weight is 400 g/mol. The van der Waals surface area contributed by atoms with E-state index in [1.165, 1.54) is 11.8 Å². The monoisotopic (exact) mass is 399 g/mol. The van der Waals surface area contributed by atoms with Gasteiger partial charge in [0.25, 0.3) is 11.7 Å². The Morgan fingerprint density at radius 3 is 2.15 bits per heavy atom. The van der Waals surface area contributed by atoms with Gasteiger partial charge < -0.3 is 4.74 Å². The maximum Gasteiger partial charge on any atom is 0.357 e. The third kappa shape index (κ3) is 3.15. The molecule has 2 aliphatic heterocycles. The van der Waals surface area contributed by atoms with Gasteiger partial charge in [0.15, 0.2) is 11.5 Å². The predicted octanol–water partition coefficient (Wildman–Crippen LogP) is 3.25. The lowest BCUT2D eigenvalue weighted by atomic mass is 10.0. The molecule has 2 heterocycles. The topological polar surface area (TPSA) is 63.7 Å². The maximum absolute atomic E-state index is 12.9. The maximum atomic E-state index is 12.9. The number of nitrogens with zero attached hydrogens (tertiary/aromatic N) is 1. The quantitative estimate of drug-likeness (QED) is 0.448. The molecule has 2 aromatic rings. The number of ether oxygens (including phenoxy) is 1. The molecular weight excluding hydrogens is 386 g/mol. The second-order valence-corrected chi connectivity index (χ2v) is 7.59. The van der Waals surface area contributed by atoms with E-state index >= 15 is 0 Å². The molecule has 2 aromatic carbocycles. The number of carbonyl (C=O) groups is 3. The molecule has 27 heavy (non-hydrogen) atoms. The van der Waals surface area contributed by atoms with E-state index in [4.69, 9.17) is 16.3 Å². The van der Waals surface area contributed by atoms with E-state index in [-0.39, 0.29) is 16.5 Å². The number of Topliss-reactive ketones (excluding diaryl/α,β-unsaturated/α-hetero) is 1. The summed E-state index contributed by atoms with van der Waals surface area (Å²) in [4.78, 5) is 37.7. The van der Waals surface area contributed by atoms with Gasteiger partial charge in [0.2, 0.25) is 0 Å². The standard InChI is InChI=1S/C20H14ClNO4S/c21-14-11-27-19-16(23)18(24)22(19)15(14)20(25)26-17(12-7-3-1-4-8-12)13-9-5-2-6-10-13/h1-10,17,19H,11H2/t19-/m1/s1. The molecule has 5 nitrogen and oxygen atoms in total. The number of hydrogen-bond donors (Lipinski definition) is 0. The van der Waals surface area contributed by atoms with Crippen LogP contribution in [0.15, 0.2) is 71.4 Å². The first-order chi connectivity index (χ1) is 13.1. The first kappa shape index (κ1) is 17.8. The molecule has 0 radical (unpaired) electrons. The molecule has 1 amide bonds. The summed E-state index contributed by atoms with van der Waals surface area (Å²) in [6, 6.07) is 18.6. The number of ketones is 1. The molecular formula is C20H14ClNO4S. The number of fused-ring (bicyclic) bond motifs is 1. The molecule has 1 saturated heterocycles. The van der Waals surface area contributed by atoms with Crippen molar-refractivity contribution in [3.05, 3.63) is 82.5 Å². The van der Waals surface area contributed by atoms with Crippen LogP contribution in [0.5, 0.6) is 0 Å². The molecule has 0 spiro atoms. The molecule has 4 rings (SSSR count). The van der Waals surface area contributed by atoms with E-state index < -0.39 is 29.1 Å². The first-order valence-corrected chi connectivity index (χ1v) is 9.69. The highest BCUT2D eigenvalue weighted by Gasteiger charge is 2.53. The Balaban J connectivity index is 1.66. The number of hydrogen-bond acceptors (Lipinski definition) is 5. The predicted molar refractivity (Wildman–Crippen MR) is 102 cm³/mol. The van der Waals surface area contributed by atoms with Crippen molar-refractivity contribution < 1.29 is 19.1 Å². The summed E-state index contributed by atoms with van der Waals surface area (Å²) in [6.07, 6.45) is -0.656. The number of esters is 1. The number of halogens is 1. The van der Waals surface area contributed by atoms with Crippen LogP contribution in [-0.2, 0) is 19.1 Å². The Morgan fingerprint density at radius 1 is 1.04 bits per heavy atom. The summed E-state index contributed by atoms with van der Waals surface area (Å²) in [6.45, 7) is 0. The molecule has 0 aliphatic carbocycles. The van der Waals surface area contributed by atoms with Crippen LogP contribution < -0.4 is 0 Å². The lowest BCUT2D eigenvalue weighted by molar-refractivity contribution is -0.158. The molecule has 1 atom stereocenters. The molecule has 1 fully saturated rings.